The Morgan fingerprint density at radius 3 is 1.27 bits per heavy atom. The highest BCUT2D eigenvalue weighted by Crippen LogP contribution is 2.04. The summed E-state index contributed by atoms with van der Waals surface area (Å²) in [5.74, 6) is -1.15. The first kappa shape index (κ1) is 20.8. The van der Waals surface area contributed by atoms with Gasteiger partial charge in [0.15, 0.2) is 13.2 Å². The fourth-order valence-electron chi connectivity index (χ4n) is 1.13. The molecule has 22 heavy (non-hydrogen) atoms. The molecule has 0 spiro atoms. The van der Waals surface area contributed by atoms with Crippen LogP contribution in [0.1, 0.15) is 12.8 Å². The van der Waals surface area contributed by atoms with E-state index in [1.165, 1.54) is 0 Å². The van der Waals surface area contributed by atoms with E-state index in [4.69, 9.17) is 9.47 Å². The van der Waals surface area contributed by atoms with Gasteiger partial charge >= 0.3 is 11.9 Å². The molecule has 2 N–H and O–H groups in total. The largest absolute Gasteiger partial charge is 0.456 e. The Morgan fingerprint density at radius 1 is 0.773 bits per heavy atom. The van der Waals surface area contributed by atoms with Crippen LogP contribution < -0.4 is 0 Å². The van der Waals surface area contributed by atoms with Crippen molar-refractivity contribution in [3.05, 3.63) is 0 Å². The average Bonchev–Trinajstić information content (AvgIpc) is 2.37. The van der Waals surface area contributed by atoms with Crippen molar-refractivity contribution in [3.8, 4) is 0 Å². The van der Waals surface area contributed by atoms with Gasteiger partial charge in [-0.3, -0.25) is 9.59 Å². The molecule has 0 radical (unpaired) electrons. The number of likely N-dealkylation sites (N-methyl/N-ethyl adjacent to an activating group) is 2. The molecule has 130 valence electrons. The van der Waals surface area contributed by atoms with Crippen molar-refractivity contribution < 1.29 is 38.2 Å². The summed E-state index contributed by atoms with van der Waals surface area (Å²) in [5.41, 5.74) is 0. The van der Waals surface area contributed by atoms with Gasteiger partial charge in [0.1, 0.15) is 0 Å². The molecule has 0 aliphatic carbocycles. The van der Waals surface area contributed by atoms with E-state index in [0.717, 1.165) is 0 Å². The average molecular weight is 322 g/mol. The Morgan fingerprint density at radius 2 is 1.05 bits per heavy atom. The van der Waals surface area contributed by atoms with Gasteiger partial charge < -0.3 is 28.7 Å². The quantitative estimate of drug-likeness (QED) is 0.318. The molecule has 8 heteroatoms. The van der Waals surface area contributed by atoms with Crippen LogP contribution in [0.3, 0.4) is 0 Å². The van der Waals surface area contributed by atoms with Gasteiger partial charge in [-0.05, 0) is 0 Å². The van der Waals surface area contributed by atoms with Crippen molar-refractivity contribution in [1.29, 1.82) is 0 Å². The van der Waals surface area contributed by atoms with Crippen molar-refractivity contribution in [1.82, 2.24) is 0 Å². The Labute approximate surface area is 132 Å². The van der Waals surface area contributed by atoms with Crippen LogP contribution in [0.5, 0.6) is 0 Å². The van der Waals surface area contributed by atoms with E-state index in [0.29, 0.717) is 0 Å². The SMILES string of the molecule is C[N+](C)(C)C(O)COC(=O)CCC(=O)OCC(O)[N+](C)(C)C. The maximum Gasteiger partial charge on any atom is 0.306 e. The van der Waals surface area contributed by atoms with Crippen molar-refractivity contribution in [2.45, 2.75) is 25.3 Å². The molecule has 0 aliphatic rings. The van der Waals surface area contributed by atoms with Gasteiger partial charge in [0.25, 0.3) is 0 Å². The molecule has 8 nitrogen and oxygen atoms in total. The lowest BCUT2D eigenvalue weighted by Gasteiger charge is -2.29. The number of rotatable bonds is 9. The highest BCUT2D eigenvalue weighted by atomic mass is 16.6. The van der Waals surface area contributed by atoms with E-state index in [9.17, 15) is 19.8 Å². The molecule has 0 aromatic carbocycles. The van der Waals surface area contributed by atoms with E-state index in [1.807, 2.05) is 0 Å². The fraction of sp³-hybridized carbons (Fsp3) is 0.857. The smallest absolute Gasteiger partial charge is 0.306 e. The maximum absolute atomic E-state index is 11.5. The molecule has 0 bridgehead atoms. The zero-order valence-corrected chi connectivity index (χ0v) is 14.4. The molecule has 0 fully saturated rings. The molecule has 0 saturated carbocycles. The van der Waals surface area contributed by atoms with Crippen molar-refractivity contribution in [2.75, 3.05) is 55.5 Å². The third-order valence-corrected chi connectivity index (χ3v) is 3.11. The number of quaternary nitrogens is 2. The first-order valence-electron chi connectivity index (χ1n) is 7.13. The lowest BCUT2D eigenvalue weighted by atomic mass is 10.3. The third-order valence-electron chi connectivity index (χ3n) is 3.11. The van der Waals surface area contributed by atoms with Gasteiger partial charge in [-0.25, -0.2) is 0 Å². The van der Waals surface area contributed by atoms with Gasteiger partial charge in [0, 0.05) is 0 Å². The van der Waals surface area contributed by atoms with Crippen LogP contribution in [-0.4, -0.2) is 99.1 Å². The van der Waals surface area contributed by atoms with Gasteiger partial charge in [-0.2, -0.15) is 0 Å². The summed E-state index contributed by atoms with van der Waals surface area (Å²) in [6.07, 6.45) is -1.89. The van der Waals surface area contributed by atoms with Crippen LogP contribution in [0.4, 0.5) is 0 Å². The number of hydrogen-bond donors (Lipinski definition) is 2. The summed E-state index contributed by atoms with van der Waals surface area (Å²) in [6, 6.07) is 0. The monoisotopic (exact) mass is 322 g/mol. The van der Waals surface area contributed by atoms with E-state index in [2.05, 4.69) is 0 Å². The Hall–Kier alpha value is -1.22. The summed E-state index contributed by atoms with van der Waals surface area (Å²) in [5, 5.41) is 19.4. The summed E-state index contributed by atoms with van der Waals surface area (Å²) in [7, 11) is 10.6. The summed E-state index contributed by atoms with van der Waals surface area (Å²) in [4.78, 5) is 23.0. The second kappa shape index (κ2) is 8.42. The van der Waals surface area contributed by atoms with Gasteiger partial charge in [-0.15, -0.1) is 0 Å². The number of carbonyl (C=O) groups excluding carboxylic acids is 2. The first-order chi connectivity index (χ1) is 9.84. The van der Waals surface area contributed by atoms with Crippen LogP contribution in [-0.2, 0) is 19.1 Å². The van der Waals surface area contributed by atoms with Gasteiger partial charge in [-0.1, -0.05) is 0 Å². The minimum atomic E-state index is -0.824. The number of aliphatic hydroxyl groups excluding tert-OH is 2. The topological polar surface area (TPSA) is 93.1 Å². The zero-order valence-electron chi connectivity index (χ0n) is 14.4. The van der Waals surface area contributed by atoms with Crippen LogP contribution in [0.25, 0.3) is 0 Å². The number of esters is 2. The second-order valence-electron chi connectivity index (χ2n) is 7.06. The molecule has 2 atom stereocenters. The van der Waals surface area contributed by atoms with Gasteiger partial charge in [0.05, 0.1) is 55.1 Å². The Bertz CT molecular complexity index is 337. The first-order valence-corrected chi connectivity index (χ1v) is 7.13. The number of nitrogens with zero attached hydrogens (tertiary/aromatic N) is 2. The molecule has 0 heterocycles. The van der Waals surface area contributed by atoms with Crippen molar-refractivity contribution >= 4 is 11.9 Å². The van der Waals surface area contributed by atoms with Crippen LogP contribution in [0.15, 0.2) is 0 Å². The molecular weight excluding hydrogens is 292 g/mol. The molecule has 0 aliphatic heterocycles. The normalized spacial score (nSPS) is 15.1. The van der Waals surface area contributed by atoms with Crippen LogP contribution in [0.2, 0.25) is 0 Å². The number of ether oxygens (including phenoxy) is 2. The lowest BCUT2D eigenvalue weighted by Crippen LogP contribution is -2.48. The third kappa shape index (κ3) is 8.93. The molecule has 0 amide bonds. The number of aliphatic hydroxyl groups is 2. The summed E-state index contributed by atoms with van der Waals surface area (Å²) in [6.45, 7) is -0.255. The fourth-order valence-corrected chi connectivity index (χ4v) is 1.13. The predicted molar refractivity (Wildman–Crippen MR) is 79.2 cm³/mol. The predicted octanol–water partition coefficient (Wildman–Crippen LogP) is -1.10. The lowest BCUT2D eigenvalue weighted by molar-refractivity contribution is -0.919. The molecule has 0 saturated heterocycles. The molecule has 0 aromatic heterocycles. The highest BCUT2D eigenvalue weighted by Gasteiger charge is 2.24. The molecular formula is C14H30N2O6+2. The van der Waals surface area contributed by atoms with Crippen molar-refractivity contribution in [3.63, 3.8) is 0 Å². The van der Waals surface area contributed by atoms with E-state index in [1.54, 1.807) is 42.3 Å². The maximum atomic E-state index is 11.5. The molecule has 0 rings (SSSR count). The van der Waals surface area contributed by atoms with E-state index in [-0.39, 0.29) is 35.0 Å². The Kier molecular flexibility index (Phi) is 7.96. The number of carbonyl (C=O) groups is 2. The molecule has 0 aromatic rings. The van der Waals surface area contributed by atoms with Crippen LogP contribution in [0, 0.1) is 0 Å². The minimum Gasteiger partial charge on any atom is -0.456 e. The summed E-state index contributed by atoms with van der Waals surface area (Å²) >= 11 is 0. The second-order valence-corrected chi connectivity index (χ2v) is 7.06. The summed E-state index contributed by atoms with van der Waals surface area (Å²) < 4.78 is 10.3. The standard InChI is InChI=1S/C14H30N2O6/c1-15(2,3)11(17)9-21-13(19)7-8-14(20)22-10-12(18)16(4,5)6/h11-12,17-18H,7-10H2,1-6H3/q+2. The minimum absolute atomic E-state index is 0.122. The van der Waals surface area contributed by atoms with E-state index >= 15 is 0 Å². The van der Waals surface area contributed by atoms with Crippen molar-refractivity contribution in [2.24, 2.45) is 0 Å². The number of hydrogen-bond acceptors (Lipinski definition) is 6. The highest BCUT2D eigenvalue weighted by molar-refractivity contribution is 5.77. The molecule has 2 unspecified atom stereocenters. The zero-order chi connectivity index (χ0) is 17.6. The van der Waals surface area contributed by atoms with Gasteiger partial charge in [0.2, 0.25) is 12.5 Å². The van der Waals surface area contributed by atoms with E-state index < -0.39 is 24.4 Å². The van der Waals surface area contributed by atoms with Crippen LogP contribution >= 0.6 is 0 Å². The Balaban J connectivity index is 3.94.